The molecule has 0 saturated carbocycles. The maximum atomic E-state index is 12.9. The van der Waals surface area contributed by atoms with E-state index in [0.717, 1.165) is 12.1 Å². The van der Waals surface area contributed by atoms with E-state index in [9.17, 15) is 26.4 Å². The van der Waals surface area contributed by atoms with Gasteiger partial charge in [-0.1, -0.05) is 29.8 Å². The third-order valence-electron chi connectivity index (χ3n) is 3.58. The van der Waals surface area contributed by atoms with Gasteiger partial charge >= 0.3 is 6.18 Å². The van der Waals surface area contributed by atoms with Gasteiger partial charge in [0.25, 0.3) is 15.9 Å². The minimum Gasteiger partial charge on any atom is -0.320 e. The zero-order chi connectivity index (χ0) is 21.2. The summed E-state index contributed by atoms with van der Waals surface area (Å²) < 4.78 is 65.7. The number of amides is 1. The van der Waals surface area contributed by atoms with Gasteiger partial charge in [0.15, 0.2) is 11.5 Å². The van der Waals surface area contributed by atoms with Crippen LogP contribution in [0, 0.1) is 0 Å². The quantitative estimate of drug-likeness (QED) is 0.555. The predicted molar refractivity (Wildman–Crippen MR) is 98.0 cm³/mol. The predicted octanol–water partition coefficient (Wildman–Crippen LogP) is 3.53. The van der Waals surface area contributed by atoms with Gasteiger partial charge in [-0.05, 0) is 30.3 Å². The molecule has 1 aromatic heterocycles. The van der Waals surface area contributed by atoms with Crippen LogP contribution < -0.4 is 10.0 Å². The number of halogens is 4. The lowest BCUT2D eigenvalue weighted by Gasteiger charge is -2.11. The van der Waals surface area contributed by atoms with Crippen molar-refractivity contribution < 1.29 is 26.4 Å². The van der Waals surface area contributed by atoms with Gasteiger partial charge in [-0.2, -0.15) is 18.4 Å². The Labute approximate surface area is 167 Å². The summed E-state index contributed by atoms with van der Waals surface area (Å²) in [7, 11) is -4.06. The summed E-state index contributed by atoms with van der Waals surface area (Å²) in [6.45, 7) is 0. The summed E-state index contributed by atoms with van der Waals surface area (Å²) in [6, 6.07) is 10.1. The monoisotopic (exact) mass is 445 g/mol. The molecular weight excluding hydrogens is 435 g/mol. The zero-order valence-corrected chi connectivity index (χ0v) is 15.7. The number of rotatable bonds is 5. The SMILES string of the molecule is O=C(Nc1ccc(Cl)c(C(F)(F)F)c1)c1n[nH]nc1NS(=O)(=O)c1ccccc1. The molecule has 29 heavy (non-hydrogen) atoms. The van der Waals surface area contributed by atoms with E-state index in [2.05, 4.69) is 25.4 Å². The van der Waals surface area contributed by atoms with Gasteiger partial charge in [0.05, 0.1) is 15.5 Å². The Balaban J connectivity index is 1.83. The number of hydrogen-bond acceptors (Lipinski definition) is 5. The van der Waals surface area contributed by atoms with Gasteiger partial charge < -0.3 is 5.32 Å². The van der Waals surface area contributed by atoms with E-state index < -0.39 is 44.2 Å². The molecule has 3 rings (SSSR count). The fourth-order valence-corrected chi connectivity index (χ4v) is 3.51. The molecule has 0 atom stereocenters. The molecule has 0 bridgehead atoms. The molecule has 8 nitrogen and oxygen atoms in total. The topological polar surface area (TPSA) is 117 Å². The first kappa shape index (κ1) is 20.6. The number of alkyl halides is 3. The van der Waals surface area contributed by atoms with Gasteiger partial charge in [-0.3, -0.25) is 9.52 Å². The number of carbonyl (C=O) groups is 1. The maximum Gasteiger partial charge on any atom is 0.417 e. The van der Waals surface area contributed by atoms with Crippen molar-refractivity contribution in [1.29, 1.82) is 0 Å². The molecule has 2 aromatic carbocycles. The molecule has 13 heteroatoms. The van der Waals surface area contributed by atoms with Crippen LogP contribution in [0.15, 0.2) is 53.4 Å². The van der Waals surface area contributed by atoms with Crippen molar-refractivity contribution in [3.63, 3.8) is 0 Å². The Morgan fingerprint density at radius 3 is 2.41 bits per heavy atom. The summed E-state index contributed by atoms with van der Waals surface area (Å²) in [4.78, 5) is 12.3. The highest BCUT2D eigenvalue weighted by Crippen LogP contribution is 2.36. The van der Waals surface area contributed by atoms with Crippen LogP contribution in [-0.2, 0) is 16.2 Å². The highest BCUT2D eigenvalue weighted by Gasteiger charge is 2.33. The zero-order valence-electron chi connectivity index (χ0n) is 14.2. The van der Waals surface area contributed by atoms with E-state index in [-0.39, 0.29) is 10.6 Å². The number of hydrogen-bond donors (Lipinski definition) is 3. The number of nitrogens with zero attached hydrogens (tertiary/aromatic N) is 2. The highest BCUT2D eigenvalue weighted by molar-refractivity contribution is 7.92. The fraction of sp³-hybridized carbons (Fsp3) is 0.0625. The number of benzene rings is 2. The van der Waals surface area contributed by atoms with Crippen molar-refractivity contribution in [2.75, 3.05) is 10.0 Å². The van der Waals surface area contributed by atoms with Crippen LogP contribution in [0.4, 0.5) is 24.7 Å². The number of aromatic amines is 1. The minimum absolute atomic E-state index is 0.0816. The van der Waals surface area contributed by atoms with Crippen molar-refractivity contribution in [1.82, 2.24) is 15.4 Å². The van der Waals surface area contributed by atoms with Crippen LogP contribution in [0.5, 0.6) is 0 Å². The van der Waals surface area contributed by atoms with E-state index in [1.807, 2.05) is 0 Å². The van der Waals surface area contributed by atoms with Crippen molar-refractivity contribution in [3.05, 3.63) is 64.8 Å². The molecule has 1 heterocycles. The van der Waals surface area contributed by atoms with Crippen LogP contribution in [0.3, 0.4) is 0 Å². The number of nitrogens with one attached hydrogen (secondary N) is 3. The molecule has 3 N–H and O–H groups in total. The van der Waals surface area contributed by atoms with E-state index in [1.165, 1.54) is 24.3 Å². The summed E-state index contributed by atoms with van der Waals surface area (Å²) in [5.41, 5.74) is -1.82. The first-order valence-corrected chi connectivity index (χ1v) is 9.61. The van der Waals surface area contributed by atoms with Crippen LogP contribution >= 0.6 is 11.6 Å². The second kappa shape index (κ2) is 7.72. The van der Waals surface area contributed by atoms with Crippen molar-refractivity contribution in [3.8, 4) is 0 Å². The smallest absolute Gasteiger partial charge is 0.320 e. The Morgan fingerprint density at radius 1 is 1.07 bits per heavy atom. The van der Waals surface area contributed by atoms with Gasteiger partial charge in [-0.25, -0.2) is 8.42 Å². The van der Waals surface area contributed by atoms with Gasteiger partial charge in [-0.15, -0.1) is 10.2 Å². The van der Waals surface area contributed by atoms with Crippen LogP contribution in [0.1, 0.15) is 16.1 Å². The Morgan fingerprint density at radius 2 is 1.76 bits per heavy atom. The number of sulfonamides is 1. The lowest BCUT2D eigenvalue weighted by atomic mass is 10.2. The second-order valence-electron chi connectivity index (χ2n) is 5.59. The van der Waals surface area contributed by atoms with Gasteiger partial charge in [0, 0.05) is 5.69 Å². The Bertz CT molecular complexity index is 1150. The number of aromatic nitrogens is 3. The van der Waals surface area contributed by atoms with Crippen molar-refractivity contribution in [2.45, 2.75) is 11.1 Å². The molecule has 0 unspecified atom stereocenters. The molecule has 1 amide bonds. The fourth-order valence-electron chi connectivity index (χ4n) is 2.26. The summed E-state index contributed by atoms with van der Waals surface area (Å²) in [5.74, 6) is -1.41. The molecule has 0 aliphatic heterocycles. The summed E-state index contributed by atoms with van der Waals surface area (Å²) >= 11 is 5.54. The van der Waals surface area contributed by atoms with Crippen molar-refractivity contribution in [2.24, 2.45) is 0 Å². The lowest BCUT2D eigenvalue weighted by Crippen LogP contribution is -2.19. The van der Waals surface area contributed by atoms with Gasteiger partial charge in [0.1, 0.15) is 0 Å². The Hall–Kier alpha value is -3.12. The van der Waals surface area contributed by atoms with E-state index in [1.54, 1.807) is 6.07 Å². The molecule has 0 radical (unpaired) electrons. The number of anilines is 2. The van der Waals surface area contributed by atoms with E-state index in [4.69, 9.17) is 11.6 Å². The largest absolute Gasteiger partial charge is 0.417 e. The summed E-state index contributed by atoms with van der Waals surface area (Å²) in [6.07, 6.45) is -4.72. The van der Waals surface area contributed by atoms with E-state index >= 15 is 0 Å². The molecule has 0 aliphatic carbocycles. The Kier molecular flexibility index (Phi) is 5.48. The molecule has 3 aromatic rings. The number of H-pyrrole nitrogens is 1. The summed E-state index contributed by atoms with van der Waals surface area (Å²) in [5, 5.41) is 10.9. The molecule has 0 spiro atoms. The third kappa shape index (κ3) is 4.66. The molecule has 152 valence electrons. The molecule has 0 aliphatic rings. The number of carbonyl (C=O) groups excluding carboxylic acids is 1. The molecule has 0 saturated heterocycles. The second-order valence-corrected chi connectivity index (χ2v) is 7.68. The first-order chi connectivity index (χ1) is 13.6. The van der Waals surface area contributed by atoms with Crippen molar-refractivity contribution >= 4 is 39.0 Å². The molecular formula is C16H11ClF3N5O3S. The van der Waals surface area contributed by atoms with Gasteiger partial charge in [0.2, 0.25) is 0 Å². The maximum absolute atomic E-state index is 12.9. The average Bonchev–Trinajstić information content (AvgIpc) is 3.10. The highest BCUT2D eigenvalue weighted by atomic mass is 35.5. The standard InChI is InChI=1S/C16H11ClF3N5O3S/c17-12-7-6-9(8-11(12)16(18,19)20)21-15(26)13-14(23-25-22-13)24-29(27,28)10-4-2-1-3-5-10/h1-8H,(H,21,26)(H2,22,23,24,25). The lowest BCUT2D eigenvalue weighted by molar-refractivity contribution is -0.137. The average molecular weight is 446 g/mol. The van der Waals surface area contributed by atoms with Crippen LogP contribution in [0.25, 0.3) is 0 Å². The molecule has 0 fully saturated rings. The first-order valence-electron chi connectivity index (χ1n) is 7.74. The normalized spacial score (nSPS) is 11.9. The third-order valence-corrected chi connectivity index (χ3v) is 5.26. The van der Waals surface area contributed by atoms with Crippen LogP contribution in [0.2, 0.25) is 5.02 Å². The minimum atomic E-state index is -4.72. The van der Waals surface area contributed by atoms with Crippen LogP contribution in [-0.4, -0.2) is 29.7 Å². The van der Waals surface area contributed by atoms with E-state index in [0.29, 0.717) is 6.07 Å².